The van der Waals surface area contributed by atoms with Crippen LogP contribution in [0, 0.1) is 0 Å². The molecule has 1 aromatic rings. The van der Waals surface area contributed by atoms with Crippen molar-refractivity contribution in [1.82, 2.24) is 0 Å². The summed E-state index contributed by atoms with van der Waals surface area (Å²) >= 11 is 0. The van der Waals surface area contributed by atoms with Crippen molar-refractivity contribution in [2.45, 2.75) is 32.5 Å². The van der Waals surface area contributed by atoms with Crippen LogP contribution >= 0.6 is 0 Å². The van der Waals surface area contributed by atoms with Crippen molar-refractivity contribution >= 4 is 5.97 Å². The lowest BCUT2D eigenvalue weighted by Gasteiger charge is -2.24. The molecule has 0 saturated carbocycles. The molecule has 0 aliphatic heterocycles. The SMILES string of the molecule is C=CC(=O)O.CC(C)(C)c1ccccc1OC(O)COCCOCCOCCOCCOCCOCCOCCO. The number of ether oxygens (including phenoxy) is 8. The fraction of sp³-hybridized carbons (Fsp3) is 0.690. The highest BCUT2D eigenvalue weighted by Gasteiger charge is 2.20. The van der Waals surface area contributed by atoms with Gasteiger partial charge in [0.25, 0.3) is 0 Å². The number of para-hydroxylation sites is 1. The van der Waals surface area contributed by atoms with Gasteiger partial charge in [-0.25, -0.2) is 4.79 Å². The molecule has 0 radical (unpaired) electrons. The minimum atomic E-state index is -1.04. The molecule has 1 aromatic carbocycles. The Morgan fingerprint density at radius 1 is 0.756 bits per heavy atom. The Bertz CT molecular complexity index is 754. The lowest BCUT2D eigenvalue weighted by molar-refractivity contribution is -0.131. The molecule has 0 heterocycles. The Morgan fingerprint density at radius 3 is 1.49 bits per heavy atom. The lowest BCUT2D eigenvalue weighted by atomic mass is 9.86. The average molecular weight is 591 g/mol. The van der Waals surface area contributed by atoms with E-state index in [4.69, 9.17) is 48.1 Å². The molecule has 238 valence electrons. The first-order valence-electron chi connectivity index (χ1n) is 13.7. The molecular formula is C29H50O12. The standard InChI is InChI=1S/C26H46O10.C3H4O2/c1-26(2,3)23-6-4-5-7-24(23)36-25(28)22-35-21-20-34-19-18-33-17-16-32-15-14-31-13-12-30-11-10-29-9-8-27;1-2-3(4)5/h4-7,25,27-28H,8-22H2,1-3H3;2H,1H2,(H,4,5). The molecule has 12 heteroatoms. The van der Waals surface area contributed by atoms with Crippen LogP contribution in [-0.2, 0) is 43.4 Å². The van der Waals surface area contributed by atoms with Crippen molar-refractivity contribution in [2.75, 3.05) is 99.1 Å². The van der Waals surface area contributed by atoms with Crippen LogP contribution in [-0.4, -0.2) is 127 Å². The molecule has 0 bridgehead atoms. The minimum Gasteiger partial charge on any atom is -0.478 e. The van der Waals surface area contributed by atoms with Crippen LogP contribution in [0.1, 0.15) is 26.3 Å². The average Bonchev–Trinajstić information content (AvgIpc) is 2.94. The van der Waals surface area contributed by atoms with E-state index in [0.29, 0.717) is 91.6 Å². The topological polar surface area (TPSA) is 152 Å². The third-order valence-corrected chi connectivity index (χ3v) is 4.86. The van der Waals surface area contributed by atoms with Gasteiger partial charge < -0.3 is 53.2 Å². The van der Waals surface area contributed by atoms with Gasteiger partial charge in [0.2, 0.25) is 6.29 Å². The number of carboxylic acids is 1. The first kappa shape index (κ1) is 38.9. The number of hydrogen-bond donors (Lipinski definition) is 3. The number of carbonyl (C=O) groups is 1. The fourth-order valence-corrected chi connectivity index (χ4v) is 2.94. The molecule has 0 aromatic heterocycles. The van der Waals surface area contributed by atoms with Crippen molar-refractivity contribution in [3.8, 4) is 5.75 Å². The maximum absolute atomic E-state index is 10.1. The van der Waals surface area contributed by atoms with Crippen LogP contribution in [0.5, 0.6) is 5.75 Å². The highest BCUT2D eigenvalue weighted by atomic mass is 16.6. The molecular weight excluding hydrogens is 540 g/mol. The van der Waals surface area contributed by atoms with Crippen LogP contribution in [0.15, 0.2) is 36.9 Å². The molecule has 12 nitrogen and oxygen atoms in total. The third kappa shape index (κ3) is 25.3. The quantitative estimate of drug-likeness (QED) is 0.0868. The molecule has 0 aliphatic rings. The first-order valence-corrected chi connectivity index (χ1v) is 13.7. The zero-order valence-electron chi connectivity index (χ0n) is 24.8. The van der Waals surface area contributed by atoms with Crippen molar-refractivity contribution in [2.24, 2.45) is 0 Å². The zero-order valence-corrected chi connectivity index (χ0v) is 24.8. The Morgan fingerprint density at radius 2 is 1.12 bits per heavy atom. The highest BCUT2D eigenvalue weighted by Crippen LogP contribution is 2.31. The van der Waals surface area contributed by atoms with E-state index in [1.54, 1.807) is 0 Å². The van der Waals surface area contributed by atoms with Crippen LogP contribution in [0.4, 0.5) is 0 Å². The maximum atomic E-state index is 10.1. The van der Waals surface area contributed by atoms with Crippen molar-refractivity contribution < 1.29 is 58.0 Å². The van der Waals surface area contributed by atoms with Gasteiger partial charge in [-0.3, -0.25) is 0 Å². The van der Waals surface area contributed by atoms with Gasteiger partial charge in [0.05, 0.1) is 92.5 Å². The molecule has 0 aliphatic carbocycles. The summed E-state index contributed by atoms with van der Waals surface area (Å²) in [6.07, 6.45) is -0.210. The second-order valence-corrected chi connectivity index (χ2v) is 9.33. The van der Waals surface area contributed by atoms with Crippen molar-refractivity contribution in [1.29, 1.82) is 0 Å². The molecule has 0 saturated heterocycles. The van der Waals surface area contributed by atoms with Gasteiger partial charge in [-0.15, -0.1) is 0 Å². The number of benzene rings is 1. The summed E-state index contributed by atoms with van der Waals surface area (Å²) in [7, 11) is 0. The van der Waals surface area contributed by atoms with Crippen molar-refractivity contribution in [3.63, 3.8) is 0 Å². The fourth-order valence-electron chi connectivity index (χ4n) is 2.94. The van der Waals surface area contributed by atoms with Crippen LogP contribution in [0.3, 0.4) is 0 Å². The summed E-state index contributed by atoms with van der Waals surface area (Å²) in [6.45, 7) is 15.3. The van der Waals surface area contributed by atoms with Crippen LogP contribution in [0.25, 0.3) is 0 Å². The van der Waals surface area contributed by atoms with E-state index in [9.17, 15) is 9.90 Å². The summed E-state index contributed by atoms with van der Waals surface area (Å²) in [5, 5.41) is 26.3. The van der Waals surface area contributed by atoms with Gasteiger partial charge in [0, 0.05) is 6.08 Å². The summed E-state index contributed by atoms with van der Waals surface area (Å²) < 4.78 is 43.2. The van der Waals surface area contributed by atoms with E-state index < -0.39 is 12.3 Å². The Labute approximate surface area is 244 Å². The second kappa shape index (κ2) is 26.7. The number of rotatable bonds is 25. The normalized spacial score (nSPS) is 11.9. The monoisotopic (exact) mass is 590 g/mol. The number of hydrogen-bond acceptors (Lipinski definition) is 11. The highest BCUT2D eigenvalue weighted by molar-refractivity contribution is 5.78. The maximum Gasteiger partial charge on any atom is 0.327 e. The van der Waals surface area contributed by atoms with E-state index in [2.05, 4.69) is 27.4 Å². The molecule has 0 amide bonds. The summed E-state index contributed by atoms with van der Waals surface area (Å²) in [6, 6.07) is 7.69. The van der Waals surface area contributed by atoms with Gasteiger partial charge in [-0.1, -0.05) is 45.5 Å². The number of carboxylic acid groups (broad SMARTS) is 1. The first-order chi connectivity index (χ1) is 19.7. The van der Waals surface area contributed by atoms with E-state index >= 15 is 0 Å². The Hall–Kier alpha value is -2.13. The molecule has 1 atom stereocenters. The van der Waals surface area contributed by atoms with Crippen LogP contribution in [0.2, 0.25) is 0 Å². The number of aliphatic hydroxyl groups is 2. The van der Waals surface area contributed by atoms with Gasteiger partial charge in [-0.2, -0.15) is 0 Å². The van der Waals surface area contributed by atoms with Gasteiger partial charge in [-0.05, 0) is 17.0 Å². The predicted molar refractivity (Wildman–Crippen MR) is 152 cm³/mol. The molecule has 0 fully saturated rings. The molecule has 3 N–H and O–H groups in total. The van der Waals surface area contributed by atoms with Crippen LogP contribution < -0.4 is 4.74 Å². The van der Waals surface area contributed by atoms with E-state index in [0.717, 1.165) is 11.6 Å². The van der Waals surface area contributed by atoms with E-state index in [-0.39, 0.29) is 18.6 Å². The molecule has 41 heavy (non-hydrogen) atoms. The molecule has 1 rings (SSSR count). The summed E-state index contributed by atoms with van der Waals surface area (Å²) in [4.78, 5) is 9.25. The Balaban J connectivity index is 0.00000292. The van der Waals surface area contributed by atoms with E-state index in [1.165, 1.54) is 0 Å². The third-order valence-electron chi connectivity index (χ3n) is 4.86. The second-order valence-electron chi connectivity index (χ2n) is 9.33. The lowest BCUT2D eigenvalue weighted by Crippen LogP contribution is -2.25. The van der Waals surface area contributed by atoms with Gasteiger partial charge in [0.15, 0.2) is 0 Å². The summed E-state index contributed by atoms with van der Waals surface area (Å²) in [5.41, 5.74) is 0.951. The zero-order chi connectivity index (χ0) is 30.6. The minimum absolute atomic E-state index is 0.0232. The largest absolute Gasteiger partial charge is 0.478 e. The molecule has 1 unspecified atom stereocenters. The summed E-state index contributed by atoms with van der Waals surface area (Å²) in [5.74, 6) is -0.321. The van der Waals surface area contributed by atoms with Gasteiger partial charge >= 0.3 is 5.97 Å². The number of aliphatic hydroxyl groups excluding tert-OH is 2. The molecule has 0 spiro atoms. The van der Waals surface area contributed by atoms with Gasteiger partial charge in [0.1, 0.15) is 12.4 Å². The van der Waals surface area contributed by atoms with Crippen molar-refractivity contribution in [3.05, 3.63) is 42.5 Å². The smallest absolute Gasteiger partial charge is 0.327 e. The number of aliphatic carboxylic acids is 1. The Kier molecular flexibility index (Phi) is 25.4. The van der Waals surface area contributed by atoms with E-state index in [1.807, 2.05) is 24.3 Å². The predicted octanol–water partition coefficient (Wildman–Crippen LogP) is 2.05.